The highest BCUT2D eigenvalue weighted by Gasteiger charge is 2.04. The molecule has 0 aliphatic rings. The summed E-state index contributed by atoms with van der Waals surface area (Å²) in [7, 11) is 0. The van der Waals surface area contributed by atoms with Crippen molar-refractivity contribution in [3.05, 3.63) is 67.6 Å². The van der Waals surface area contributed by atoms with E-state index in [1.165, 1.54) is 11.1 Å². The quantitative estimate of drug-likeness (QED) is 0.667. The molecule has 0 aliphatic heterocycles. The summed E-state index contributed by atoms with van der Waals surface area (Å²) >= 11 is 13.0. The number of benzene rings is 2. The van der Waals surface area contributed by atoms with Crippen molar-refractivity contribution >= 4 is 43.5 Å². The monoisotopic (exact) mass is 358 g/mol. The molecule has 0 saturated carbocycles. The van der Waals surface area contributed by atoms with Crippen molar-refractivity contribution in [3.63, 3.8) is 0 Å². The van der Waals surface area contributed by atoms with Crippen LogP contribution in [0.3, 0.4) is 0 Å². The lowest BCUT2D eigenvalue weighted by Crippen LogP contribution is -1.90. The fraction of sp³-hybridized carbons (Fsp3) is 0.0769. The largest absolute Gasteiger partial charge is 0.0843 e. The summed E-state index contributed by atoms with van der Waals surface area (Å²) in [5, 5.41) is 0.753. The molecule has 0 bridgehead atoms. The van der Waals surface area contributed by atoms with E-state index in [-0.39, 0.29) is 0 Å². The summed E-state index contributed by atoms with van der Waals surface area (Å²) in [5.74, 6) is 0. The van der Waals surface area contributed by atoms with Gasteiger partial charge in [-0.05, 0) is 35.7 Å². The predicted molar refractivity (Wildman–Crippen MR) is 76.1 cm³/mol. The highest BCUT2D eigenvalue weighted by molar-refractivity contribution is 9.10. The molecular formula is C13H9Br2Cl. The standard InChI is InChI=1S/C13H9Br2Cl/c14-12-4-2-1-3-9(12)7-10-5-6-11(16)8-13(10)15/h1-6,8H,7H2. The Morgan fingerprint density at radius 2 is 1.56 bits per heavy atom. The summed E-state index contributed by atoms with van der Waals surface area (Å²) < 4.78 is 2.19. The molecule has 0 atom stereocenters. The van der Waals surface area contributed by atoms with E-state index < -0.39 is 0 Å². The minimum Gasteiger partial charge on any atom is -0.0843 e. The first-order valence-electron chi connectivity index (χ1n) is 4.84. The van der Waals surface area contributed by atoms with E-state index in [4.69, 9.17) is 11.6 Å². The van der Waals surface area contributed by atoms with E-state index >= 15 is 0 Å². The lowest BCUT2D eigenvalue weighted by molar-refractivity contribution is 1.17. The van der Waals surface area contributed by atoms with Crippen molar-refractivity contribution in [3.8, 4) is 0 Å². The Bertz CT molecular complexity index is 509. The van der Waals surface area contributed by atoms with Gasteiger partial charge in [-0.3, -0.25) is 0 Å². The van der Waals surface area contributed by atoms with Gasteiger partial charge < -0.3 is 0 Å². The lowest BCUT2D eigenvalue weighted by atomic mass is 10.1. The van der Waals surface area contributed by atoms with Crippen molar-refractivity contribution in [2.45, 2.75) is 6.42 Å². The van der Waals surface area contributed by atoms with Crippen molar-refractivity contribution < 1.29 is 0 Å². The highest BCUT2D eigenvalue weighted by atomic mass is 79.9. The summed E-state index contributed by atoms with van der Waals surface area (Å²) in [6.45, 7) is 0. The molecule has 0 heterocycles. The molecule has 0 fully saturated rings. The second kappa shape index (κ2) is 5.35. The minimum absolute atomic E-state index is 0.753. The third-order valence-electron chi connectivity index (χ3n) is 2.35. The van der Waals surface area contributed by atoms with E-state index in [0.717, 1.165) is 20.4 Å². The Kier molecular flexibility index (Phi) is 4.06. The van der Waals surface area contributed by atoms with Crippen LogP contribution < -0.4 is 0 Å². The van der Waals surface area contributed by atoms with Gasteiger partial charge in [-0.1, -0.05) is 67.7 Å². The van der Waals surface area contributed by atoms with Crippen LogP contribution in [0.4, 0.5) is 0 Å². The van der Waals surface area contributed by atoms with E-state index in [2.05, 4.69) is 44.0 Å². The number of hydrogen-bond acceptors (Lipinski definition) is 0. The van der Waals surface area contributed by atoms with E-state index in [0.29, 0.717) is 0 Å². The number of rotatable bonds is 2. The molecule has 2 aromatic carbocycles. The molecule has 0 radical (unpaired) electrons. The Morgan fingerprint density at radius 3 is 2.25 bits per heavy atom. The SMILES string of the molecule is Clc1ccc(Cc2ccccc2Br)c(Br)c1. The molecule has 0 unspecified atom stereocenters. The Balaban J connectivity index is 2.31. The van der Waals surface area contributed by atoms with Gasteiger partial charge in [0.25, 0.3) is 0 Å². The molecular weight excluding hydrogens is 351 g/mol. The van der Waals surface area contributed by atoms with Gasteiger partial charge in [-0.25, -0.2) is 0 Å². The molecule has 0 aliphatic carbocycles. The second-order valence-corrected chi connectivity index (χ2v) is 5.65. The molecule has 0 N–H and O–H groups in total. The molecule has 3 heteroatoms. The van der Waals surface area contributed by atoms with Crippen molar-refractivity contribution in [2.24, 2.45) is 0 Å². The fourth-order valence-corrected chi connectivity index (χ4v) is 2.76. The van der Waals surface area contributed by atoms with Crippen LogP contribution >= 0.6 is 43.5 Å². The highest BCUT2D eigenvalue weighted by Crippen LogP contribution is 2.26. The molecule has 2 rings (SSSR count). The second-order valence-electron chi connectivity index (χ2n) is 3.50. The summed E-state index contributed by atoms with van der Waals surface area (Å²) in [6, 6.07) is 14.1. The third-order valence-corrected chi connectivity index (χ3v) is 4.10. The maximum atomic E-state index is 5.91. The van der Waals surface area contributed by atoms with Crippen molar-refractivity contribution in [1.82, 2.24) is 0 Å². The van der Waals surface area contributed by atoms with Crippen LogP contribution in [0.1, 0.15) is 11.1 Å². The first-order chi connectivity index (χ1) is 7.66. The van der Waals surface area contributed by atoms with Crippen LogP contribution in [0.15, 0.2) is 51.4 Å². The Hall–Kier alpha value is -0.310. The molecule has 0 saturated heterocycles. The summed E-state index contributed by atoms with van der Waals surface area (Å²) in [6.07, 6.45) is 0.888. The van der Waals surface area contributed by atoms with E-state index in [1.54, 1.807) is 0 Å². The summed E-state index contributed by atoms with van der Waals surface area (Å²) in [4.78, 5) is 0. The molecule has 2 aromatic rings. The molecule has 0 nitrogen and oxygen atoms in total. The topological polar surface area (TPSA) is 0 Å². The number of halogens is 3. The van der Waals surface area contributed by atoms with Gasteiger partial charge in [0.2, 0.25) is 0 Å². The van der Waals surface area contributed by atoms with Gasteiger partial charge in [0.05, 0.1) is 0 Å². The zero-order valence-electron chi connectivity index (χ0n) is 8.38. The smallest absolute Gasteiger partial charge is 0.0417 e. The summed E-state index contributed by atoms with van der Waals surface area (Å²) in [5.41, 5.74) is 2.50. The van der Waals surface area contributed by atoms with E-state index in [1.807, 2.05) is 30.3 Å². The Labute approximate surface area is 117 Å². The van der Waals surface area contributed by atoms with Crippen molar-refractivity contribution in [1.29, 1.82) is 0 Å². The van der Waals surface area contributed by atoms with Crippen LogP contribution in [0, 0.1) is 0 Å². The first-order valence-corrected chi connectivity index (χ1v) is 6.80. The zero-order chi connectivity index (χ0) is 11.5. The van der Waals surface area contributed by atoms with Gasteiger partial charge in [0, 0.05) is 14.0 Å². The Morgan fingerprint density at radius 1 is 0.875 bits per heavy atom. The number of hydrogen-bond donors (Lipinski definition) is 0. The van der Waals surface area contributed by atoms with Gasteiger partial charge in [-0.2, -0.15) is 0 Å². The molecule has 0 spiro atoms. The van der Waals surface area contributed by atoms with Crippen LogP contribution in [0.5, 0.6) is 0 Å². The third kappa shape index (κ3) is 2.88. The molecule has 0 amide bonds. The minimum atomic E-state index is 0.753. The van der Waals surface area contributed by atoms with Gasteiger partial charge in [0.1, 0.15) is 0 Å². The normalized spacial score (nSPS) is 10.4. The zero-order valence-corrected chi connectivity index (χ0v) is 12.3. The van der Waals surface area contributed by atoms with Crippen LogP contribution in [0.25, 0.3) is 0 Å². The predicted octanol–water partition coefficient (Wildman–Crippen LogP) is 5.46. The van der Waals surface area contributed by atoms with Crippen molar-refractivity contribution in [2.75, 3.05) is 0 Å². The van der Waals surface area contributed by atoms with E-state index in [9.17, 15) is 0 Å². The van der Waals surface area contributed by atoms with Crippen LogP contribution in [-0.4, -0.2) is 0 Å². The van der Waals surface area contributed by atoms with Crippen LogP contribution in [-0.2, 0) is 6.42 Å². The first kappa shape index (κ1) is 12.2. The van der Waals surface area contributed by atoms with Gasteiger partial charge >= 0.3 is 0 Å². The average Bonchev–Trinajstić information content (AvgIpc) is 2.25. The maximum absolute atomic E-state index is 5.91. The van der Waals surface area contributed by atoms with Gasteiger partial charge in [0.15, 0.2) is 0 Å². The molecule has 0 aromatic heterocycles. The molecule has 82 valence electrons. The fourth-order valence-electron chi connectivity index (χ4n) is 1.51. The van der Waals surface area contributed by atoms with Gasteiger partial charge in [-0.15, -0.1) is 0 Å². The van der Waals surface area contributed by atoms with Crippen LogP contribution in [0.2, 0.25) is 5.02 Å². The molecule has 16 heavy (non-hydrogen) atoms. The average molecular weight is 360 g/mol. The lowest BCUT2D eigenvalue weighted by Gasteiger charge is -2.07. The maximum Gasteiger partial charge on any atom is 0.0417 e.